The number of carbonyl (C=O) groups is 2. The summed E-state index contributed by atoms with van der Waals surface area (Å²) in [5.74, 6) is -3.91. The van der Waals surface area contributed by atoms with Crippen LogP contribution >= 0.6 is 0 Å². The van der Waals surface area contributed by atoms with E-state index in [0.717, 1.165) is 17.0 Å². The average molecular weight is 348 g/mol. The van der Waals surface area contributed by atoms with Crippen LogP contribution in [0.2, 0.25) is 0 Å². The van der Waals surface area contributed by atoms with Gasteiger partial charge in [-0.25, -0.2) is 13.2 Å². The van der Waals surface area contributed by atoms with Gasteiger partial charge in [-0.05, 0) is 18.2 Å². The van der Waals surface area contributed by atoms with Crippen molar-refractivity contribution in [2.45, 2.75) is 13.0 Å². The van der Waals surface area contributed by atoms with E-state index in [-0.39, 0.29) is 19.5 Å². The summed E-state index contributed by atoms with van der Waals surface area (Å²) in [4.78, 5) is 25.2. The number of hydrogen-bond donors (Lipinski definition) is 1. The lowest BCUT2D eigenvalue weighted by molar-refractivity contribution is -0.126. The predicted octanol–water partition coefficient (Wildman–Crippen LogP) is 2.77. The lowest BCUT2D eigenvalue weighted by Crippen LogP contribution is -2.33. The zero-order valence-electron chi connectivity index (χ0n) is 13.1. The van der Waals surface area contributed by atoms with Crippen molar-refractivity contribution in [3.8, 4) is 0 Å². The zero-order valence-corrected chi connectivity index (χ0v) is 13.1. The molecule has 1 N–H and O–H groups in total. The van der Waals surface area contributed by atoms with Crippen molar-refractivity contribution in [3.05, 3.63) is 65.5 Å². The minimum Gasteiger partial charge on any atom is -0.352 e. The molecule has 2 amide bonds. The Bertz CT molecular complexity index is 805. The molecule has 130 valence electrons. The molecule has 1 atom stereocenters. The van der Waals surface area contributed by atoms with Crippen LogP contribution in [0.15, 0.2) is 42.5 Å². The first kappa shape index (κ1) is 17.0. The van der Waals surface area contributed by atoms with Crippen molar-refractivity contribution < 1.29 is 22.8 Å². The molecule has 0 spiro atoms. The highest BCUT2D eigenvalue weighted by atomic mass is 19.1. The molecule has 2 aromatic rings. The molecule has 1 saturated heterocycles. The smallest absolute Gasteiger partial charge is 0.228 e. The summed E-state index contributed by atoms with van der Waals surface area (Å²) in [6.07, 6.45) is -0.156. The number of halogens is 3. The van der Waals surface area contributed by atoms with E-state index in [4.69, 9.17) is 0 Å². The highest BCUT2D eigenvalue weighted by Gasteiger charge is 2.37. The van der Waals surface area contributed by atoms with Crippen molar-refractivity contribution in [2.75, 3.05) is 11.4 Å². The molecular weight excluding hydrogens is 333 g/mol. The lowest BCUT2D eigenvalue weighted by atomic mass is 10.1. The minimum atomic E-state index is -0.860. The van der Waals surface area contributed by atoms with Crippen LogP contribution in [-0.4, -0.2) is 18.4 Å². The summed E-state index contributed by atoms with van der Waals surface area (Å²) in [6.45, 7) is -0.149. The number of nitrogens with zero attached hydrogens (tertiary/aromatic N) is 1. The number of anilines is 1. The Morgan fingerprint density at radius 1 is 1.04 bits per heavy atom. The number of amides is 2. The first-order valence-corrected chi connectivity index (χ1v) is 7.73. The monoisotopic (exact) mass is 348 g/mol. The van der Waals surface area contributed by atoms with Gasteiger partial charge in [-0.1, -0.05) is 24.3 Å². The molecule has 0 bridgehead atoms. The van der Waals surface area contributed by atoms with Gasteiger partial charge in [0.15, 0.2) is 0 Å². The molecule has 7 heteroatoms. The highest BCUT2D eigenvalue weighted by Crippen LogP contribution is 2.29. The molecule has 1 fully saturated rings. The molecule has 25 heavy (non-hydrogen) atoms. The van der Waals surface area contributed by atoms with Gasteiger partial charge in [0.1, 0.15) is 23.1 Å². The maximum atomic E-state index is 13.8. The largest absolute Gasteiger partial charge is 0.352 e. The Morgan fingerprint density at radius 3 is 2.36 bits per heavy atom. The van der Waals surface area contributed by atoms with E-state index in [1.807, 2.05) is 0 Å². The number of carbonyl (C=O) groups excluding carboxylic acids is 2. The number of para-hydroxylation sites is 1. The van der Waals surface area contributed by atoms with Gasteiger partial charge in [-0.3, -0.25) is 9.59 Å². The maximum absolute atomic E-state index is 13.8. The van der Waals surface area contributed by atoms with Gasteiger partial charge in [0.05, 0.1) is 5.92 Å². The van der Waals surface area contributed by atoms with E-state index in [2.05, 4.69) is 5.32 Å². The molecule has 1 heterocycles. The van der Waals surface area contributed by atoms with Gasteiger partial charge in [-0.15, -0.1) is 0 Å². The SMILES string of the molecule is O=C(NCc1ccccc1F)C1CC(=O)N(c2c(F)cccc2F)C1. The van der Waals surface area contributed by atoms with E-state index in [0.29, 0.717) is 5.56 Å². The number of rotatable bonds is 4. The molecule has 0 saturated carbocycles. The molecule has 1 aliphatic rings. The second kappa shape index (κ2) is 6.96. The number of nitrogens with one attached hydrogen (secondary N) is 1. The summed E-state index contributed by atoms with van der Waals surface area (Å²) in [7, 11) is 0. The van der Waals surface area contributed by atoms with Crippen molar-refractivity contribution in [1.29, 1.82) is 0 Å². The molecule has 1 aliphatic heterocycles. The van der Waals surface area contributed by atoms with Gasteiger partial charge in [0, 0.05) is 25.1 Å². The number of benzene rings is 2. The van der Waals surface area contributed by atoms with E-state index in [9.17, 15) is 22.8 Å². The summed E-state index contributed by atoms with van der Waals surface area (Å²) in [5.41, 5.74) is -0.130. The normalized spacial score (nSPS) is 17.0. The van der Waals surface area contributed by atoms with Crippen LogP contribution in [-0.2, 0) is 16.1 Å². The third kappa shape index (κ3) is 3.50. The quantitative estimate of drug-likeness (QED) is 0.924. The Balaban J connectivity index is 1.68. The van der Waals surface area contributed by atoms with Crippen LogP contribution in [0, 0.1) is 23.4 Å². The molecule has 3 rings (SSSR count). The van der Waals surface area contributed by atoms with Crippen molar-refractivity contribution in [1.82, 2.24) is 5.32 Å². The molecular formula is C18H15F3N2O2. The fourth-order valence-corrected chi connectivity index (χ4v) is 2.81. The third-order valence-electron chi connectivity index (χ3n) is 4.11. The Labute approximate surface area is 142 Å². The molecule has 1 unspecified atom stereocenters. The minimum absolute atomic E-state index is 0.0236. The Hall–Kier alpha value is -2.83. The number of hydrogen-bond acceptors (Lipinski definition) is 2. The second-order valence-corrected chi connectivity index (χ2v) is 5.78. The fourth-order valence-electron chi connectivity index (χ4n) is 2.81. The van der Waals surface area contributed by atoms with E-state index < -0.39 is 40.9 Å². The van der Waals surface area contributed by atoms with Crippen LogP contribution in [0.5, 0.6) is 0 Å². The third-order valence-corrected chi connectivity index (χ3v) is 4.11. The van der Waals surface area contributed by atoms with Gasteiger partial charge in [-0.2, -0.15) is 0 Å². The highest BCUT2D eigenvalue weighted by molar-refractivity contribution is 6.00. The summed E-state index contributed by atoms with van der Waals surface area (Å²) in [5, 5.41) is 2.56. The Morgan fingerprint density at radius 2 is 1.68 bits per heavy atom. The van der Waals surface area contributed by atoms with E-state index >= 15 is 0 Å². The summed E-state index contributed by atoms with van der Waals surface area (Å²) < 4.78 is 41.2. The molecule has 2 aromatic carbocycles. The van der Waals surface area contributed by atoms with E-state index in [1.54, 1.807) is 6.07 Å². The van der Waals surface area contributed by atoms with Crippen molar-refractivity contribution >= 4 is 17.5 Å². The van der Waals surface area contributed by atoms with Gasteiger partial charge < -0.3 is 10.2 Å². The summed E-state index contributed by atoms with van der Waals surface area (Å²) >= 11 is 0. The molecule has 0 aliphatic carbocycles. The van der Waals surface area contributed by atoms with Gasteiger partial charge in [0.2, 0.25) is 11.8 Å². The van der Waals surface area contributed by atoms with Crippen molar-refractivity contribution in [3.63, 3.8) is 0 Å². The maximum Gasteiger partial charge on any atom is 0.228 e. The average Bonchev–Trinajstić information content (AvgIpc) is 2.95. The first-order chi connectivity index (χ1) is 12.0. The standard InChI is InChI=1S/C18H15F3N2O2/c19-13-5-2-1-4-11(13)9-22-18(25)12-8-16(24)23(10-12)17-14(20)6-3-7-15(17)21/h1-7,12H,8-10H2,(H,22,25). The second-order valence-electron chi connectivity index (χ2n) is 5.78. The molecule has 0 radical (unpaired) electrons. The Kier molecular flexibility index (Phi) is 4.74. The van der Waals surface area contributed by atoms with Crippen LogP contribution in [0.3, 0.4) is 0 Å². The zero-order chi connectivity index (χ0) is 18.0. The van der Waals surface area contributed by atoms with E-state index in [1.165, 1.54) is 24.3 Å². The van der Waals surface area contributed by atoms with Crippen LogP contribution in [0.4, 0.5) is 18.9 Å². The van der Waals surface area contributed by atoms with Crippen LogP contribution in [0.25, 0.3) is 0 Å². The lowest BCUT2D eigenvalue weighted by Gasteiger charge is -2.18. The first-order valence-electron chi connectivity index (χ1n) is 7.73. The molecule has 0 aromatic heterocycles. The van der Waals surface area contributed by atoms with Crippen LogP contribution in [0.1, 0.15) is 12.0 Å². The summed E-state index contributed by atoms with van der Waals surface area (Å²) in [6, 6.07) is 9.31. The van der Waals surface area contributed by atoms with Crippen LogP contribution < -0.4 is 10.2 Å². The van der Waals surface area contributed by atoms with Gasteiger partial charge >= 0.3 is 0 Å². The topological polar surface area (TPSA) is 49.4 Å². The fraction of sp³-hybridized carbons (Fsp3) is 0.222. The predicted molar refractivity (Wildman–Crippen MR) is 85.1 cm³/mol. The van der Waals surface area contributed by atoms with Crippen molar-refractivity contribution in [2.24, 2.45) is 5.92 Å². The molecule has 4 nitrogen and oxygen atoms in total. The van der Waals surface area contributed by atoms with Gasteiger partial charge in [0.25, 0.3) is 0 Å².